The van der Waals surface area contributed by atoms with Crippen molar-refractivity contribution in [3.63, 3.8) is 0 Å². The van der Waals surface area contributed by atoms with E-state index in [9.17, 15) is 4.79 Å². The van der Waals surface area contributed by atoms with Crippen LogP contribution in [0.2, 0.25) is 0 Å². The van der Waals surface area contributed by atoms with E-state index >= 15 is 0 Å². The Morgan fingerprint density at radius 1 is 1.00 bits per heavy atom. The van der Waals surface area contributed by atoms with Crippen LogP contribution in [-0.4, -0.2) is 26.2 Å². The molecule has 0 aliphatic rings. The first kappa shape index (κ1) is 20.4. The highest BCUT2D eigenvalue weighted by Crippen LogP contribution is 2.17. The third kappa shape index (κ3) is 15.6. The van der Waals surface area contributed by atoms with E-state index < -0.39 is 0 Å². The number of hydrogen-bond acceptors (Lipinski definition) is 2. The zero-order valence-electron chi connectivity index (χ0n) is 14.6. The largest absolute Gasteiger partial charge is 0.385 e. The summed E-state index contributed by atoms with van der Waals surface area (Å²) >= 11 is 0. The molecule has 3 heteroatoms. The molecule has 0 bridgehead atoms. The molecule has 1 atom stereocenters. The van der Waals surface area contributed by atoms with Crippen LogP contribution in [0.1, 0.15) is 84.5 Å². The van der Waals surface area contributed by atoms with Crippen LogP contribution in [-0.2, 0) is 9.53 Å². The fourth-order valence-corrected chi connectivity index (χ4v) is 2.55. The molecule has 0 heterocycles. The number of methoxy groups -OCH3 is 1. The van der Waals surface area contributed by atoms with E-state index in [0.717, 1.165) is 31.9 Å². The van der Waals surface area contributed by atoms with E-state index in [2.05, 4.69) is 19.2 Å². The van der Waals surface area contributed by atoms with Gasteiger partial charge in [0.1, 0.15) is 0 Å². The summed E-state index contributed by atoms with van der Waals surface area (Å²) in [7, 11) is 1.69. The average molecular weight is 299 g/mol. The first-order chi connectivity index (χ1) is 10.2. The van der Waals surface area contributed by atoms with Gasteiger partial charge in [0.05, 0.1) is 0 Å². The summed E-state index contributed by atoms with van der Waals surface area (Å²) in [5, 5.41) is 2.94. The Morgan fingerprint density at radius 3 is 2.33 bits per heavy atom. The highest BCUT2D eigenvalue weighted by Gasteiger charge is 2.03. The second kappa shape index (κ2) is 15.8. The minimum atomic E-state index is 0.194. The molecule has 0 aromatic rings. The second-order valence-corrected chi connectivity index (χ2v) is 6.25. The van der Waals surface area contributed by atoms with Crippen molar-refractivity contribution in [2.75, 3.05) is 20.3 Å². The maximum absolute atomic E-state index is 11.5. The topological polar surface area (TPSA) is 38.3 Å². The first-order valence-corrected chi connectivity index (χ1v) is 8.96. The number of amides is 1. The van der Waals surface area contributed by atoms with Gasteiger partial charge < -0.3 is 10.1 Å². The molecule has 1 unspecified atom stereocenters. The van der Waals surface area contributed by atoms with Crippen molar-refractivity contribution in [3.8, 4) is 0 Å². The molecule has 0 aliphatic heterocycles. The van der Waals surface area contributed by atoms with Gasteiger partial charge in [0.2, 0.25) is 5.91 Å². The van der Waals surface area contributed by atoms with Gasteiger partial charge in [0.15, 0.2) is 0 Å². The average Bonchev–Trinajstić information content (AvgIpc) is 2.47. The molecule has 0 saturated carbocycles. The molecule has 1 N–H and O–H groups in total. The summed E-state index contributed by atoms with van der Waals surface area (Å²) < 4.78 is 4.95. The van der Waals surface area contributed by atoms with Gasteiger partial charge in [0, 0.05) is 26.7 Å². The Kier molecular flexibility index (Phi) is 15.4. The third-order valence-electron chi connectivity index (χ3n) is 4.00. The lowest BCUT2D eigenvalue weighted by Crippen LogP contribution is -2.24. The molecule has 0 radical (unpaired) electrons. The molecule has 0 rings (SSSR count). The van der Waals surface area contributed by atoms with Crippen molar-refractivity contribution in [2.45, 2.75) is 84.5 Å². The smallest absolute Gasteiger partial charge is 0.219 e. The van der Waals surface area contributed by atoms with E-state index in [1.165, 1.54) is 51.4 Å². The SMILES string of the molecule is CCCCCC(C)CCCCCCC(=O)NCCCOC. The lowest BCUT2D eigenvalue weighted by Gasteiger charge is -2.10. The molecule has 0 spiro atoms. The molecule has 21 heavy (non-hydrogen) atoms. The van der Waals surface area contributed by atoms with Gasteiger partial charge in [-0.25, -0.2) is 0 Å². The van der Waals surface area contributed by atoms with E-state index in [-0.39, 0.29) is 5.91 Å². The Bertz CT molecular complexity index is 231. The Labute approximate surface area is 132 Å². The van der Waals surface area contributed by atoms with Gasteiger partial charge in [-0.15, -0.1) is 0 Å². The van der Waals surface area contributed by atoms with Gasteiger partial charge >= 0.3 is 0 Å². The maximum Gasteiger partial charge on any atom is 0.219 e. The number of nitrogens with one attached hydrogen (secondary N) is 1. The number of ether oxygens (including phenoxy) is 1. The molecule has 0 aliphatic carbocycles. The van der Waals surface area contributed by atoms with Gasteiger partial charge in [-0.1, -0.05) is 65.2 Å². The molecule has 0 saturated heterocycles. The molecule has 3 nitrogen and oxygen atoms in total. The monoisotopic (exact) mass is 299 g/mol. The van der Waals surface area contributed by atoms with E-state index in [4.69, 9.17) is 4.74 Å². The van der Waals surface area contributed by atoms with Gasteiger partial charge in [-0.3, -0.25) is 4.79 Å². The molecular weight excluding hydrogens is 262 g/mol. The zero-order valence-corrected chi connectivity index (χ0v) is 14.6. The third-order valence-corrected chi connectivity index (χ3v) is 4.00. The fourth-order valence-electron chi connectivity index (χ4n) is 2.55. The van der Waals surface area contributed by atoms with Crippen molar-refractivity contribution in [1.29, 1.82) is 0 Å². The summed E-state index contributed by atoms with van der Waals surface area (Å²) in [6, 6.07) is 0. The molecule has 1 amide bonds. The van der Waals surface area contributed by atoms with Crippen molar-refractivity contribution in [1.82, 2.24) is 5.32 Å². The van der Waals surface area contributed by atoms with Crippen LogP contribution in [0.5, 0.6) is 0 Å². The van der Waals surface area contributed by atoms with Crippen LogP contribution < -0.4 is 5.32 Å². The van der Waals surface area contributed by atoms with Crippen LogP contribution >= 0.6 is 0 Å². The normalized spacial score (nSPS) is 12.3. The number of unbranched alkanes of at least 4 members (excludes halogenated alkanes) is 5. The maximum atomic E-state index is 11.5. The van der Waals surface area contributed by atoms with Crippen LogP contribution in [0.4, 0.5) is 0 Å². The standard InChI is InChI=1S/C18H37NO2/c1-4-5-8-12-17(2)13-9-6-7-10-14-18(20)19-15-11-16-21-3/h17H,4-16H2,1-3H3,(H,19,20). The highest BCUT2D eigenvalue weighted by atomic mass is 16.5. The Hall–Kier alpha value is -0.570. The zero-order chi connectivity index (χ0) is 15.8. The van der Waals surface area contributed by atoms with Crippen LogP contribution in [0.25, 0.3) is 0 Å². The number of hydrogen-bond donors (Lipinski definition) is 1. The summed E-state index contributed by atoms with van der Waals surface area (Å²) in [6.45, 7) is 6.10. The van der Waals surface area contributed by atoms with Gasteiger partial charge in [0.25, 0.3) is 0 Å². The lowest BCUT2D eigenvalue weighted by atomic mass is 9.96. The van der Waals surface area contributed by atoms with E-state index in [1.54, 1.807) is 7.11 Å². The minimum absolute atomic E-state index is 0.194. The van der Waals surface area contributed by atoms with Crippen molar-refractivity contribution >= 4 is 5.91 Å². The van der Waals surface area contributed by atoms with Crippen LogP contribution in [0.15, 0.2) is 0 Å². The molecule has 0 aromatic heterocycles. The predicted molar refractivity (Wildman–Crippen MR) is 90.5 cm³/mol. The van der Waals surface area contributed by atoms with E-state index in [0.29, 0.717) is 6.42 Å². The highest BCUT2D eigenvalue weighted by molar-refractivity contribution is 5.75. The summed E-state index contributed by atoms with van der Waals surface area (Å²) in [4.78, 5) is 11.5. The van der Waals surface area contributed by atoms with Gasteiger partial charge in [-0.05, 0) is 18.8 Å². The molecular formula is C18H37NO2. The second-order valence-electron chi connectivity index (χ2n) is 6.25. The lowest BCUT2D eigenvalue weighted by molar-refractivity contribution is -0.121. The number of carbonyl (C=O) groups is 1. The Morgan fingerprint density at radius 2 is 1.67 bits per heavy atom. The summed E-state index contributed by atoms with van der Waals surface area (Å²) in [5.74, 6) is 1.07. The molecule has 0 fully saturated rings. The van der Waals surface area contributed by atoms with Crippen LogP contribution in [0.3, 0.4) is 0 Å². The first-order valence-electron chi connectivity index (χ1n) is 8.96. The van der Waals surface area contributed by atoms with Crippen molar-refractivity contribution in [3.05, 3.63) is 0 Å². The predicted octanol–water partition coefficient (Wildman–Crippen LogP) is 4.70. The van der Waals surface area contributed by atoms with Crippen molar-refractivity contribution < 1.29 is 9.53 Å². The Balaban J connectivity index is 3.25. The summed E-state index contributed by atoms with van der Waals surface area (Å²) in [5.41, 5.74) is 0. The van der Waals surface area contributed by atoms with Crippen molar-refractivity contribution in [2.24, 2.45) is 5.92 Å². The summed E-state index contributed by atoms with van der Waals surface area (Å²) in [6.07, 6.45) is 13.2. The number of rotatable bonds is 15. The molecule has 0 aromatic carbocycles. The number of carbonyl (C=O) groups excluding carboxylic acids is 1. The van der Waals surface area contributed by atoms with Crippen LogP contribution in [0, 0.1) is 5.92 Å². The van der Waals surface area contributed by atoms with E-state index in [1.807, 2.05) is 0 Å². The quantitative estimate of drug-likeness (QED) is 0.445. The minimum Gasteiger partial charge on any atom is -0.385 e. The fraction of sp³-hybridized carbons (Fsp3) is 0.944. The van der Waals surface area contributed by atoms with Gasteiger partial charge in [-0.2, -0.15) is 0 Å². The molecule has 126 valence electrons.